The number of amides is 2. The summed E-state index contributed by atoms with van der Waals surface area (Å²) in [4.78, 5) is 29.1. The molecule has 8 heteroatoms. The van der Waals surface area contributed by atoms with Crippen LogP contribution in [0.2, 0.25) is 0 Å². The average Bonchev–Trinajstić information content (AvgIpc) is 3.47. The molecule has 3 heterocycles. The Kier molecular flexibility index (Phi) is 4.82. The minimum Gasteiger partial charge on any atom is -0.323 e. The van der Waals surface area contributed by atoms with Crippen molar-refractivity contribution in [2.24, 2.45) is 0 Å². The number of hydrogen-bond donors (Lipinski definition) is 2. The van der Waals surface area contributed by atoms with Crippen LogP contribution in [0.3, 0.4) is 0 Å². The molecule has 0 saturated carbocycles. The molecule has 2 amide bonds. The van der Waals surface area contributed by atoms with E-state index >= 15 is 0 Å². The van der Waals surface area contributed by atoms with Crippen LogP contribution >= 0.6 is 22.7 Å². The van der Waals surface area contributed by atoms with Crippen molar-refractivity contribution >= 4 is 34.5 Å². The first-order chi connectivity index (χ1) is 13.2. The van der Waals surface area contributed by atoms with Crippen molar-refractivity contribution in [1.29, 1.82) is 0 Å². The number of benzene rings is 1. The van der Waals surface area contributed by atoms with Crippen LogP contribution < -0.4 is 10.9 Å². The smallest absolute Gasteiger partial charge is 0.289 e. The molecule has 4 rings (SSSR count). The lowest BCUT2D eigenvalue weighted by atomic mass is 10.1. The summed E-state index contributed by atoms with van der Waals surface area (Å²) < 4.78 is 1.84. The van der Waals surface area contributed by atoms with Gasteiger partial charge in [0.25, 0.3) is 11.8 Å². The van der Waals surface area contributed by atoms with Crippen molar-refractivity contribution in [3.63, 3.8) is 0 Å². The molecule has 2 N–H and O–H groups in total. The van der Waals surface area contributed by atoms with Crippen LogP contribution in [0.5, 0.6) is 0 Å². The van der Waals surface area contributed by atoms with Crippen molar-refractivity contribution in [1.82, 2.24) is 20.4 Å². The molecule has 0 aliphatic heterocycles. The second-order valence-corrected chi connectivity index (χ2v) is 7.20. The summed E-state index contributed by atoms with van der Waals surface area (Å²) in [7, 11) is 0. The number of para-hydroxylation sites is 1. The van der Waals surface area contributed by atoms with Crippen LogP contribution in [-0.2, 0) is 0 Å². The van der Waals surface area contributed by atoms with Crippen LogP contribution in [-0.4, -0.2) is 21.4 Å². The number of aromatic nitrogens is 2. The third kappa shape index (κ3) is 3.67. The van der Waals surface area contributed by atoms with Gasteiger partial charge in [0.2, 0.25) is 0 Å². The molecule has 4 aromatic rings. The Hall–Kier alpha value is -3.23. The van der Waals surface area contributed by atoms with Gasteiger partial charge >= 0.3 is 0 Å². The molecule has 0 saturated heterocycles. The second-order valence-electron chi connectivity index (χ2n) is 5.57. The summed E-state index contributed by atoms with van der Waals surface area (Å²) in [6, 6.07) is 12.9. The van der Waals surface area contributed by atoms with Crippen LogP contribution in [0.1, 0.15) is 20.8 Å². The molecule has 0 radical (unpaired) electrons. The summed E-state index contributed by atoms with van der Waals surface area (Å²) in [5.41, 5.74) is 7.31. The standard InChI is InChI=1S/C19H14N4O2S2/c24-17(14-5-1-2-6-16(14)23-8-3-4-9-23)21-22-18(25)15-12-27-19(20-15)13-7-10-26-11-13/h1-12H,(H,21,24)(H,22,25). The lowest BCUT2D eigenvalue weighted by Gasteiger charge is -2.11. The fourth-order valence-corrected chi connectivity index (χ4v) is 4.04. The van der Waals surface area contributed by atoms with Gasteiger partial charge in [-0.25, -0.2) is 4.98 Å². The predicted octanol–water partition coefficient (Wildman–Crippen LogP) is 3.74. The van der Waals surface area contributed by atoms with Gasteiger partial charge in [0.05, 0.1) is 11.3 Å². The largest absolute Gasteiger partial charge is 0.323 e. The number of nitrogens with one attached hydrogen (secondary N) is 2. The zero-order valence-corrected chi connectivity index (χ0v) is 15.6. The normalized spacial score (nSPS) is 10.5. The van der Waals surface area contributed by atoms with Gasteiger partial charge in [-0.15, -0.1) is 11.3 Å². The Balaban J connectivity index is 1.45. The summed E-state index contributed by atoms with van der Waals surface area (Å²) in [5.74, 6) is -0.861. The molecule has 0 atom stereocenters. The number of thiophene rings is 1. The van der Waals surface area contributed by atoms with Crippen molar-refractivity contribution in [3.8, 4) is 16.3 Å². The second kappa shape index (κ2) is 7.56. The lowest BCUT2D eigenvalue weighted by molar-refractivity contribution is 0.0844. The number of nitrogens with zero attached hydrogens (tertiary/aromatic N) is 2. The van der Waals surface area contributed by atoms with E-state index in [1.54, 1.807) is 28.8 Å². The molecule has 0 fully saturated rings. The van der Waals surface area contributed by atoms with Crippen molar-refractivity contribution in [2.75, 3.05) is 0 Å². The van der Waals surface area contributed by atoms with Gasteiger partial charge in [-0.1, -0.05) is 12.1 Å². The maximum absolute atomic E-state index is 12.5. The maximum atomic E-state index is 12.5. The van der Waals surface area contributed by atoms with E-state index in [1.165, 1.54) is 11.3 Å². The van der Waals surface area contributed by atoms with Crippen LogP contribution in [0.15, 0.2) is 71.0 Å². The van der Waals surface area contributed by atoms with E-state index in [-0.39, 0.29) is 5.69 Å². The molecule has 27 heavy (non-hydrogen) atoms. The first-order valence-electron chi connectivity index (χ1n) is 8.03. The number of hydrogen-bond acceptors (Lipinski definition) is 5. The van der Waals surface area contributed by atoms with E-state index in [4.69, 9.17) is 0 Å². The fraction of sp³-hybridized carbons (Fsp3) is 0. The van der Waals surface area contributed by atoms with Gasteiger partial charge in [0.1, 0.15) is 10.7 Å². The Morgan fingerprint density at radius 2 is 1.70 bits per heavy atom. The highest BCUT2D eigenvalue weighted by Gasteiger charge is 2.15. The summed E-state index contributed by atoms with van der Waals surface area (Å²) in [6.45, 7) is 0. The Bertz CT molecular complexity index is 1070. The summed E-state index contributed by atoms with van der Waals surface area (Å²) >= 11 is 2.96. The topological polar surface area (TPSA) is 76.0 Å². The highest BCUT2D eigenvalue weighted by Crippen LogP contribution is 2.25. The molecule has 0 unspecified atom stereocenters. The Morgan fingerprint density at radius 3 is 2.48 bits per heavy atom. The number of carbonyl (C=O) groups excluding carboxylic acids is 2. The van der Waals surface area contributed by atoms with Crippen LogP contribution in [0.4, 0.5) is 0 Å². The molecule has 3 aromatic heterocycles. The third-order valence-corrected chi connectivity index (χ3v) is 5.40. The first kappa shape index (κ1) is 17.2. The zero-order chi connectivity index (χ0) is 18.6. The van der Waals surface area contributed by atoms with Crippen LogP contribution in [0.25, 0.3) is 16.3 Å². The number of thiazole rings is 1. The molecule has 0 aliphatic rings. The molecule has 0 spiro atoms. The number of carbonyl (C=O) groups is 2. The molecule has 0 bridgehead atoms. The average molecular weight is 394 g/mol. The minimum absolute atomic E-state index is 0.264. The SMILES string of the molecule is O=C(NNC(=O)c1ccccc1-n1cccc1)c1csc(-c2ccsc2)n1. The zero-order valence-electron chi connectivity index (χ0n) is 14.0. The van der Waals surface area contributed by atoms with E-state index < -0.39 is 11.8 Å². The first-order valence-corrected chi connectivity index (χ1v) is 9.86. The summed E-state index contributed by atoms with van der Waals surface area (Å²) in [5, 5.41) is 6.37. The highest BCUT2D eigenvalue weighted by molar-refractivity contribution is 7.14. The lowest BCUT2D eigenvalue weighted by Crippen LogP contribution is -2.42. The van der Waals surface area contributed by atoms with E-state index in [9.17, 15) is 9.59 Å². The van der Waals surface area contributed by atoms with Crippen molar-refractivity contribution in [3.05, 3.63) is 82.3 Å². The molecule has 134 valence electrons. The molecule has 1 aromatic carbocycles. The quantitative estimate of drug-likeness (QED) is 0.518. The van der Waals surface area contributed by atoms with E-state index in [0.717, 1.165) is 16.3 Å². The predicted molar refractivity (Wildman–Crippen MR) is 106 cm³/mol. The molecular formula is C19H14N4O2S2. The van der Waals surface area contributed by atoms with Crippen molar-refractivity contribution < 1.29 is 9.59 Å². The molecular weight excluding hydrogens is 380 g/mol. The minimum atomic E-state index is -0.459. The van der Waals surface area contributed by atoms with Gasteiger partial charge in [0.15, 0.2) is 0 Å². The number of hydrazine groups is 1. The van der Waals surface area contributed by atoms with Crippen molar-refractivity contribution in [2.45, 2.75) is 0 Å². The van der Waals surface area contributed by atoms with Gasteiger partial charge in [-0.3, -0.25) is 20.4 Å². The monoisotopic (exact) mass is 394 g/mol. The Morgan fingerprint density at radius 1 is 0.926 bits per heavy atom. The van der Waals surface area contributed by atoms with E-state index in [2.05, 4.69) is 15.8 Å². The Labute approximate surface area is 163 Å². The van der Waals surface area contributed by atoms with Gasteiger partial charge in [-0.05, 0) is 35.7 Å². The number of rotatable bonds is 4. The van der Waals surface area contributed by atoms with Gasteiger partial charge in [-0.2, -0.15) is 11.3 Å². The van der Waals surface area contributed by atoms with E-state index in [0.29, 0.717) is 5.56 Å². The highest BCUT2D eigenvalue weighted by atomic mass is 32.1. The van der Waals surface area contributed by atoms with E-state index in [1.807, 2.05) is 58.1 Å². The maximum Gasteiger partial charge on any atom is 0.289 e. The van der Waals surface area contributed by atoms with Crippen LogP contribution in [0, 0.1) is 0 Å². The third-order valence-electron chi connectivity index (χ3n) is 3.83. The van der Waals surface area contributed by atoms with Gasteiger partial charge in [0, 0.05) is 28.7 Å². The molecule has 6 nitrogen and oxygen atoms in total. The molecule has 0 aliphatic carbocycles. The summed E-state index contributed by atoms with van der Waals surface area (Å²) in [6.07, 6.45) is 3.71. The van der Waals surface area contributed by atoms with Gasteiger partial charge < -0.3 is 4.57 Å². The fourth-order valence-electron chi connectivity index (χ4n) is 2.53.